The third-order valence-electron chi connectivity index (χ3n) is 5.98. The number of ketones is 1. The summed E-state index contributed by atoms with van der Waals surface area (Å²) in [6.07, 6.45) is 1.15. The third kappa shape index (κ3) is 3.83. The highest BCUT2D eigenvalue weighted by atomic mass is 16.6. The van der Waals surface area contributed by atoms with Gasteiger partial charge in [-0.1, -0.05) is 26.0 Å². The van der Waals surface area contributed by atoms with E-state index in [9.17, 15) is 19.7 Å². The van der Waals surface area contributed by atoms with E-state index in [0.29, 0.717) is 35.5 Å². The van der Waals surface area contributed by atoms with E-state index in [1.165, 1.54) is 12.1 Å². The summed E-state index contributed by atoms with van der Waals surface area (Å²) in [4.78, 5) is 38.7. The van der Waals surface area contributed by atoms with Crippen LogP contribution in [0.3, 0.4) is 0 Å². The van der Waals surface area contributed by atoms with Crippen molar-refractivity contribution < 1.29 is 19.2 Å². The van der Waals surface area contributed by atoms with Crippen LogP contribution >= 0.6 is 0 Å². The van der Waals surface area contributed by atoms with Gasteiger partial charge in [-0.25, -0.2) is 0 Å². The largest absolute Gasteiger partial charge is 0.497 e. The fraction of sp³-hybridized carbons (Fsp3) is 0.333. The molecule has 1 atom stereocenters. The van der Waals surface area contributed by atoms with Crippen LogP contribution in [0.25, 0.3) is 0 Å². The molecule has 0 aromatic heterocycles. The van der Waals surface area contributed by atoms with E-state index in [0.717, 1.165) is 5.56 Å². The number of ether oxygens (including phenoxy) is 1. The average Bonchev–Trinajstić information content (AvgIpc) is 2.72. The lowest BCUT2D eigenvalue weighted by Gasteiger charge is -2.43. The van der Waals surface area contributed by atoms with Crippen molar-refractivity contribution >= 4 is 23.1 Å². The maximum Gasteiger partial charge on any atom is 0.269 e. The molecule has 0 bridgehead atoms. The van der Waals surface area contributed by atoms with E-state index < -0.39 is 4.92 Å². The zero-order chi connectivity index (χ0) is 22.3. The number of hydrogen-bond acceptors (Lipinski definition) is 5. The number of hydrogen-bond donors (Lipinski definition) is 0. The number of Topliss-reactive ketones (excluding diaryl/α,β-unsaturated/α-hetero) is 1. The SMILES string of the molecule is COc1ccc(C2CC(=O)N(c3ccc([N+](=O)[O-])cc3)C3=C2C(=O)CC(C)(C)C3)cc1. The molecule has 1 heterocycles. The Bertz CT molecular complexity index is 1080. The smallest absolute Gasteiger partial charge is 0.269 e. The van der Waals surface area contributed by atoms with Gasteiger partial charge in [-0.15, -0.1) is 0 Å². The lowest BCUT2D eigenvalue weighted by atomic mass is 9.69. The number of non-ortho nitro benzene ring substituents is 1. The summed E-state index contributed by atoms with van der Waals surface area (Å²) in [6, 6.07) is 13.4. The van der Waals surface area contributed by atoms with Crippen LogP contribution in [0.4, 0.5) is 11.4 Å². The molecule has 1 unspecified atom stereocenters. The molecular weight excluding hydrogens is 396 g/mol. The summed E-state index contributed by atoms with van der Waals surface area (Å²) < 4.78 is 5.23. The van der Waals surface area contributed by atoms with Crippen LogP contribution in [0.5, 0.6) is 5.75 Å². The first kappa shape index (κ1) is 20.8. The van der Waals surface area contributed by atoms with Gasteiger partial charge < -0.3 is 4.74 Å². The Morgan fingerprint density at radius 3 is 2.26 bits per heavy atom. The minimum atomic E-state index is -0.473. The van der Waals surface area contributed by atoms with Gasteiger partial charge >= 0.3 is 0 Å². The van der Waals surface area contributed by atoms with Crippen molar-refractivity contribution in [3.8, 4) is 5.75 Å². The number of amides is 1. The first-order valence-corrected chi connectivity index (χ1v) is 10.2. The lowest BCUT2D eigenvalue weighted by Crippen LogP contribution is -2.43. The summed E-state index contributed by atoms with van der Waals surface area (Å²) in [5.41, 5.74) is 2.49. The molecule has 4 rings (SSSR count). The zero-order valence-electron chi connectivity index (χ0n) is 17.8. The summed E-state index contributed by atoms with van der Waals surface area (Å²) in [5, 5.41) is 11.0. The molecule has 0 saturated heterocycles. The molecule has 0 spiro atoms. The Morgan fingerprint density at radius 1 is 1.03 bits per heavy atom. The number of benzene rings is 2. The van der Waals surface area contributed by atoms with Crippen molar-refractivity contribution in [1.82, 2.24) is 0 Å². The predicted octanol–water partition coefficient (Wildman–Crippen LogP) is 4.77. The van der Waals surface area contributed by atoms with Crippen molar-refractivity contribution in [3.63, 3.8) is 0 Å². The molecule has 2 aromatic carbocycles. The van der Waals surface area contributed by atoms with Gasteiger partial charge in [-0.3, -0.25) is 24.6 Å². The summed E-state index contributed by atoms with van der Waals surface area (Å²) in [7, 11) is 1.59. The minimum absolute atomic E-state index is 0.0430. The van der Waals surface area contributed by atoms with Gasteiger partial charge in [0.25, 0.3) is 5.69 Å². The van der Waals surface area contributed by atoms with Crippen LogP contribution in [0.1, 0.15) is 44.6 Å². The fourth-order valence-electron chi connectivity index (χ4n) is 4.56. The molecule has 7 heteroatoms. The van der Waals surface area contributed by atoms with Crippen molar-refractivity contribution in [2.45, 2.75) is 39.0 Å². The highest BCUT2D eigenvalue weighted by molar-refractivity contribution is 6.07. The summed E-state index contributed by atoms with van der Waals surface area (Å²) in [6.45, 7) is 4.04. The second-order valence-corrected chi connectivity index (χ2v) is 8.83. The van der Waals surface area contributed by atoms with Gasteiger partial charge in [-0.2, -0.15) is 0 Å². The number of nitro benzene ring substituents is 1. The Labute approximate surface area is 180 Å². The van der Waals surface area contributed by atoms with Gasteiger partial charge in [0.05, 0.1) is 12.0 Å². The molecule has 2 aromatic rings. The van der Waals surface area contributed by atoms with Crippen LogP contribution in [0.2, 0.25) is 0 Å². The molecular formula is C24H24N2O5. The molecule has 160 valence electrons. The predicted molar refractivity (Wildman–Crippen MR) is 116 cm³/mol. The zero-order valence-corrected chi connectivity index (χ0v) is 17.8. The molecule has 0 N–H and O–H groups in total. The number of methoxy groups -OCH3 is 1. The van der Waals surface area contributed by atoms with Crippen LogP contribution in [0, 0.1) is 15.5 Å². The maximum absolute atomic E-state index is 13.3. The Morgan fingerprint density at radius 2 is 1.68 bits per heavy atom. The quantitative estimate of drug-likeness (QED) is 0.525. The van der Waals surface area contributed by atoms with Crippen molar-refractivity contribution in [3.05, 3.63) is 75.5 Å². The van der Waals surface area contributed by atoms with Crippen LogP contribution < -0.4 is 9.64 Å². The highest BCUT2D eigenvalue weighted by Crippen LogP contribution is 2.48. The van der Waals surface area contributed by atoms with Gasteiger partial charge in [-0.05, 0) is 41.7 Å². The highest BCUT2D eigenvalue weighted by Gasteiger charge is 2.44. The number of carbonyl (C=O) groups excluding carboxylic acids is 2. The number of nitrogens with zero attached hydrogens (tertiary/aromatic N) is 2. The number of carbonyl (C=O) groups is 2. The number of nitro groups is 1. The van der Waals surface area contributed by atoms with Crippen molar-refractivity contribution in [2.75, 3.05) is 12.0 Å². The molecule has 2 aliphatic rings. The number of rotatable bonds is 4. The Kier molecular flexibility index (Phi) is 5.13. The molecule has 1 amide bonds. The molecule has 0 saturated carbocycles. The van der Waals surface area contributed by atoms with Gasteiger partial charge in [0.1, 0.15) is 5.75 Å². The Hall–Kier alpha value is -3.48. The molecule has 1 aliphatic carbocycles. The molecule has 7 nitrogen and oxygen atoms in total. The van der Waals surface area contributed by atoms with Crippen molar-refractivity contribution in [2.24, 2.45) is 5.41 Å². The van der Waals surface area contributed by atoms with Crippen LogP contribution in [0.15, 0.2) is 59.8 Å². The first-order chi connectivity index (χ1) is 14.7. The normalized spacial score (nSPS) is 20.5. The topological polar surface area (TPSA) is 89.8 Å². The van der Waals surface area contributed by atoms with Crippen LogP contribution in [-0.4, -0.2) is 23.7 Å². The third-order valence-corrected chi connectivity index (χ3v) is 5.98. The van der Waals surface area contributed by atoms with Gasteiger partial charge in [0.2, 0.25) is 5.91 Å². The second-order valence-electron chi connectivity index (χ2n) is 8.83. The summed E-state index contributed by atoms with van der Waals surface area (Å²) >= 11 is 0. The maximum atomic E-state index is 13.3. The number of anilines is 1. The number of allylic oxidation sites excluding steroid dienone is 2. The second kappa shape index (κ2) is 7.65. The van der Waals surface area contributed by atoms with E-state index >= 15 is 0 Å². The van der Waals surface area contributed by atoms with E-state index in [1.807, 2.05) is 38.1 Å². The fourth-order valence-corrected chi connectivity index (χ4v) is 4.56. The van der Waals surface area contributed by atoms with E-state index in [2.05, 4.69) is 0 Å². The van der Waals surface area contributed by atoms with Gasteiger partial charge in [0.15, 0.2) is 5.78 Å². The standard InChI is InChI=1S/C24H24N2O5/c1-24(2)13-20-23(21(27)14-24)19(15-4-10-18(31-3)11-5-15)12-22(28)25(20)16-6-8-17(9-7-16)26(29)30/h4-11,19H,12-14H2,1-3H3. The first-order valence-electron chi connectivity index (χ1n) is 10.2. The van der Waals surface area contributed by atoms with E-state index in [4.69, 9.17) is 4.74 Å². The van der Waals surface area contributed by atoms with E-state index in [1.54, 1.807) is 24.1 Å². The molecule has 0 fully saturated rings. The van der Waals surface area contributed by atoms with E-state index in [-0.39, 0.29) is 35.1 Å². The van der Waals surface area contributed by atoms with Crippen molar-refractivity contribution in [1.29, 1.82) is 0 Å². The Balaban J connectivity index is 1.83. The van der Waals surface area contributed by atoms with Gasteiger partial charge in [0, 0.05) is 47.8 Å². The average molecular weight is 420 g/mol. The molecule has 1 aliphatic heterocycles. The molecule has 31 heavy (non-hydrogen) atoms. The van der Waals surface area contributed by atoms with Crippen LogP contribution in [-0.2, 0) is 9.59 Å². The molecule has 0 radical (unpaired) electrons. The summed E-state index contributed by atoms with van der Waals surface area (Å²) in [5.74, 6) is 0.320. The lowest BCUT2D eigenvalue weighted by molar-refractivity contribution is -0.384. The minimum Gasteiger partial charge on any atom is -0.497 e. The monoisotopic (exact) mass is 420 g/mol.